The fourth-order valence-corrected chi connectivity index (χ4v) is 3.51. The Morgan fingerprint density at radius 2 is 1.83 bits per heavy atom. The van der Waals surface area contributed by atoms with Crippen LogP contribution in [0.15, 0.2) is 29.3 Å². The molecule has 0 saturated heterocycles. The minimum absolute atomic E-state index is 0.203. The average Bonchev–Trinajstić information content (AvgIpc) is 3.07. The van der Waals surface area contributed by atoms with Gasteiger partial charge in [0.2, 0.25) is 21.7 Å². The Kier molecular flexibility index (Phi) is 5.73. The Hall–Kier alpha value is -2.74. The minimum Gasteiger partial charge on any atom is -0.478 e. The summed E-state index contributed by atoms with van der Waals surface area (Å²) in [5.41, 5.74) is 0.269. The summed E-state index contributed by atoms with van der Waals surface area (Å²) in [4.78, 5) is 7.76. The molecule has 0 atom stereocenters. The lowest BCUT2D eigenvalue weighted by molar-refractivity contribution is -0.202. The van der Waals surface area contributed by atoms with E-state index in [1.807, 2.05) is 0 Å². The van der Waals surface area contributed by atoms with Crippen molar-refractivity contribution < 1.29 is 36.5 Å². The van der Waals surface area contributed by atoms with Crippen LogP contribution < -0.4 is 19.3 Å². The van der Waals surface area contributed by atoms with Gasteiger partial charge in [0, 0.05) is 16.6 Å². The summed E-state index contributed by atoms with van der Waals surface area (Å²) in [6.45, 7) is -1.61. The first-order valence-electron chi connectivity index (χ1n) is 8.02. The first-order chi connectivity index (χ1) is 14.0. The fourth-order valence-electron chi connectivity index (χ4n) is 2.61. The molecule has 0 aliphatic carbocycles. The third kappa shape index (κ3) is 4.09. The molecule has 14 heteroatoms. The van der Waals surface area contributed by atoms with Crippen LogP contribution in [0.2, 0.25) is 5.02 Å². The highest BCUT2D eigenvalue weighted by atomic mass is 35.5. The Morgan fingerprint density at radius 1 is 1.23 bits per heavy atom. The number of benzene rings is 1. The molecule has 0 aliphatic rings. The number of alkyl halides is 2. The highest BCUT2D eigenvalue weighted by Crippen LogP contribution is 2.39. The molecule has 3 aromatic rings. The van der Waals surface area contributed by atoms with E-state index in [4.69, 9.17) is 31.3 Å². The molecule has 0 bridgehead atoms. The summed E-state index contributed by atoms with van der Waals surface area (Å²) in [6, 6.07) is 4.36. The van der Waals surface area contributed by atoms with Crippen LogP contribution in [0, 0.1) is 0 Å². The molecule has 10 nitrogen and oxygen atoms in total. The van der Waals surface area contributed by atoms with Gasteiger partial charge in [0.15, 0.2) is 0 Å². The maximum atomic E-state index is 13.5. The van der Waals surface area contributed by atoms with Crippen LogP contribution in [0.25, 0.3) is 16.9 Å². The number of fused-ring (bicyclic) bond motifs is 1. The van der Waals surface area contributed by atoms with Gasteiger partial charge < -0.3 is 19.3 Å². The highest BCUT2D eigenvalue weighted by molar-refractivity contribution is 7.89. The molecule has 2 aromatic heterocycles. The first-order valence-corrected chi connectivity index (χ1v) is 9.94. The van der Waals surface area contributed by atoms with E-state index in [2.05, 4.69) is 14.7 Å². The molecule has 0 saturated carbocycles. The van der Waals surface area contributed by atoms with E-state index in [0.717, 1.165) is 20.4 Å². The van der Waals surface area contributed by atoms with Gasteiger partial charge in [-0.25, -0.2) is 13.6 Å². The smallest absolute Gasteiger partial charge is 0.422 e. The third-order valence-corrected chi connectivity index (χ3v) is 5.04. The topological polar surface area (TPSA) is 139 Å². The standard InChI is InChI=1S/C16H15ClF2N4O6S/c1-27-13-12(29-16(18,19)7-24)14(28-2)22-15(21-13)23-6-11(30(20,25)26)9-4-3-8(17)5-10(9)23/h3-6,24H,7H2,1-2H3,(H2,20,25,26). The summed E-state index contributed by atoms with van der Waals surface area (Å²) < 4.78 is 66.7. The Balaban J connectivity index is 2.29. The molecule has 1 aromatic carbocycles. The summed E-state index contributed by atoms with van der Waals surface area (Å²) in [5.74, 6) is -1.77. The number of rotatable bonds is 7. The zero-order valence-electron chi connectivity index (χ0n) is 15.5. The van der Waals surface area contributed by atoms with E-state index in [9.17, 15) is 17.2 Å². The van der Waals surface area contributed by atoms with Gasteiger partial charge in [-0.15, -0.1) is 0 Å². The molecule has 3 rings (SSSR count). The van der Waals surface area contributed by atoms with E-state index in [1.165, 1.54) is 22.8 Å². The maximum Gasteiger partial charge on any atom is 0.422 e. The summed E-state index contributed by atoms with van der Waals surface area (Å²) in [7, 11) is -1.86. The molecule has 0 aliphatic heterocycles. The van der Waals surface area contributed by atoms with Crippen LogP contribution in [0.3, 0.4) is 0 Å². The monoisotopic (exact) mass is 464 g/mol. The van der Waals surface area contributed by atoms with Gasteiger partial charge in [-0.1, -0.05) is 11.6 Å². The number of sulfonamides is 1. The van der Waals surface area contributed by atoms with Crippen molar-refractivity contribution in [1.82, 2.24) is 14.5 Å². The lowest BCUT2D eigenvalue weighted by atomic mass is 10.2. The number of nitrogens with two attached hydrogens (primary N) is 1. The maximum absolute atomic E-state index is 13.5. The van der Waals surface area contributed by atoms with E-state index >= 15 is 0 Å². The van der Waals surface area contributed by atoms with Crippen molar-refractivity contribution in [2.75, 3.05) is 20.8 Å². The summed E-state index contributed by atoms with van der Waals surface area (Å²) in [6.07, 6.45) is -2.81. The van der Waals surface area contributed by atoms with Crippen LogP contribution in [0.5, 0.6) is 17.5 Å². The SMILES string of the molecule is COc1nc(-n2cc(S(N)(=O)=O)c3ccc(Cl)cc32)nc(OC)c1OC(F)(F)CO. The summed E-state index contributed by atoms with van der Waals surface area (Å²) >= 11 is 6.02. The van der Waals surface area contributed by atoms with E-state index in [1.54, 1.807) is 0 Å². The number of ether oxygens (including phenoxy) is 3. The number of aliphatic hydroxyl groups excluding tert-OH is 1. The average molecular weight is 465 g/mol. The van der Waals surface area contributed by atoms with Gasteiger partial charge in [0.05, 0.1) is 19.7 Å². The predicted molar refractivity (Wildman–Crippen MR) is 101 cm³/mol. The fraction of sp³-hybridized carbons (Fsp3) is 0.250. The number of aromatic nitrogens is 3. The Bertz CT molecular complexity index is 1190. The highest BCUT2D eigenvalue weighted by Gasteiger charge is 2.35. The molecule has 30 heavy (non-hydrogen) atoms. The molecule has 0 amide bonds. The van der Waals surface area contributed by atoms with Crippen LogP contribution in [-0.2, 0) is 10.0 Å². The second-order valence-electron chi connectivity index (χ2n) is 5.84. The van der Waals surface area contributed by atoms with Crippen molar-refractivity contribution in [3.63, 3.8) is 0 Å². The normalized spacial score (nSPS) is 12.2. The van der Waals surface area contributed by atoms with Gasteiger partial charge in [-0.2, -0.15) is 18.7 Å². The van der Waals surface area contributed by atoms with Gasteiger partial charge >= 0.3 is 6.11 Å². The van der Waals surface area contributed by atoms with Crippen LogP contribution in [0.4, 0.5) is 8.78 Å². The molecule has 3 N–H and O–H groups in total. The van der Waals surface area contributed by atoms with Crippen molar-refractivity contribution in [2.45, 2.75) is 11.0 Å². The number of halogens is 3. The van der Waals surface area contributed by atoms with Crippen molar-refractivity contribution in [2.24, 2.45) is 5.14 Å². The van der Waals surface area contributed by atoms with E-state index in [0.29, 0.717) is 0 Å². The van der Waals surface area contributed by atoms with E-state index in [-0.39, 0.29) is 26.8 Å². The van der Waals surface area contributed by atoms with Crippen LogP contribution >= 0.6 is 11.6 Å². The van der Waals surface area contributed by atoms with Gasteiger partial charge in [0.1, 0.15) is 11.5 Å². The largest absolute Gasteiger partial charge is 0.478 e. The Morgan fingerprint density at radius 3 is 2.33 bits per heavy atom. The lowest BCUT2D eigenvalue weighted by Gasteiger charge is -2.19. The van der Waals surface area contributed by atoms with E-state index < -0.39 is 40.2 Å². The number of aliphatic hydroxyl groups is 1. The molecular formula is C16H15ClF2N4O6S. The summed E-state index contributed by atoms with van der Waals surface area (Å²) in [5, 5.41) is 14.6. The molecule has 162 valence electrons. The molecule has 0 unspecified atom stereocenters. The van der Waals surface area contributed by atoms with Crippen molar-refractivity contribution >= 4 is 32.5 Å². The number of methoxy groups -OCH3 is 2. The number of nitrogens with zero attached hydrogens (tertiary/aromatic N) is 3. The molecule has 0 fully saturated rings. The molecule has 2 heterocycles. The van der Waals surface area contributed by atoms with Gasteiger partial charge in [0.25, 0.3) is 11.8 Å². The number of hydrogen-bond acceptors (Lipinski definition) is 8. The Labute approximate surface area is 173 Å². The van der Waals surface area contributed by atoms with Crippen molar-refractivity contribution in [1.29, 1.82) is 0 Å². The number of primary sulfonamides is 1. The van der Waals surface area contributed by atoms with Crippen molar-refractivity contribution in [3.8, 4) is 23.5 Å². The molecular weight excluding hydrogens is 450 g/mol. The van der Waals surface area contributed by atoms with Crippen LogP contribution in [0.1, 0.15) is 0 Å². The van der Waals surface area contributed by atoms with Gasteiger partial charge in [-0.3, -0.25) is 4.57 Å². The first kappa shape index (κ1) is 22.0. The minimum atomic E-state index is -4.13. The van der Waals surface area contributed by atoms with Crippen LogP contribution in [-0.4, -0.2) is 55.0 Å². The van der Waals surface area contributed by atoms with Gasteiger partial charge in [-0.05, 0) is 18.2 Å². The quantitative estimate of drug-likeness (QED) is 0.538. The van der Waals surface area contributed by atoms with Crippen molar-refractivity contribution in [3.05, 3.63) is 29.4 Å². The molecule has 0 radical (unpaired) electrons. The molecule has 0 spiro atoms. The zero-order valence-corrected chi connectivity index (χ0v) is 17.0. The zero-order chi connectivity index (χ0) is 22.3. The lowest BCUT2D eigenvalue weighted by Crippen LogP contribution is -2.29. The predicted octanol–water partition coefficient (Wildman–Crippen LogP) is 1.70. The number of hydrogen-bond donors (Lipinski definition) is 2. The second-order valence-corrected chi connectivity index (χ2v) is 7.80. The third-order valence-electron chi connectivity index (χ3n) is 3.87. The second kappa shape index (κ2) is 7.83.